The van der Waals surface area contributed by atoms with Gasteiger partial charge >= 0.3 is 0 Å². The fourth-order valence-corrected chi connectivity index (χ4v) is 5.68. The molecule has 4 atom stereocenters. The summed E-state index contributed by atoms with van der Waals surface area (Å²) in [6, 6.07) is 7.67. The van der Waals surface area contributed by atoms with Crippen molar-refractivity contribution in [1.29, 1.82) is 10.7 Å². The summed E-state index contributed by atoms with van der Waals surface area (Å²) in [4.78, 5) is 14.9. The second-order valence-corrected chi connectivity index (χ2v) is 9.71. The minimum absolute atomic E-state index is 0.151. The molecule has 1 aromatic carbocycles. The number of nitrogens with zero attached hydrogens (tertiary/aromatic N) is 2. The van der Waals surface area contributed by atoms with E-state index in [4.69, 9.17) is 15.9 Å². The highest BCUT2D eigenvalue weighted by Crippen LogP contribution is 2.58. The lowest BCUT2D eigenvalue weighted by Crippen LogP contribution is -2.52. The number of benzene rings is 1. The lowest BCUT2D eigenvalue weighted by molar-refractivity contribution is -0.135. The molecular formula is C24H33FN4O2. The van der Waals surface area contributed by atoms with E-state index in [0.29, 0.717) is 11.5 Å². The number of ether oxygens (including phenoxy) is 1. The van der Waals surface area contributed by atoms with Crippen LogP contribution in [0.4, 0.5) is 4.39 Å². The number of nitrogens with two attached hydrogens (primary N) is 1. The third kappa shape index (κ3) is 4.45. The zero-order valence-electron chi connectivity index (χ0n) is 18.9. The third-order valence-electron chi connectivity index (χ3n) is 7.03. The van der Waals surface area contributed by atoms with Crippen molar-refractivity contribution in [2.24, 2.45) is 17.1 Å². The SMILES string of the molecule is CC[C@@H]1C[C@]2(CC[C@H]1OC)Cc1ccc(C#N)cc1C2C(=O)N(CC(C)(C)F)C(=N)N. The van der Waals surface area contributed by atoms with Gasteiger partial charge in [-0.2, -0.15) is 5.26 Å². The summed E-state index contributed by atoms with van der Waals surface area (Å²) in [5.41, 5.74) is 6.07. The number of carbonyl (C=O) groups is 1. The zero-order valence-corrected chi connectivity index (χ0v) is 18.9. The lowest BCUT2D eigenvalue weighted by atomic mass is 9.61. The number of nitriles is 1. The Balaban J connectivity index is 2.09. The minimum atomic E-state index is -1.69. The molecule has 2 aliphatic carbocycles. The predicted octanol–water partition coefficient (Wildman–Crippen LogP) is 3.88. The van der Waals surface area contributed by atoms with Gasteiger partial charge in [0.2, 0.25) is 5.91 Å². The fourth-order valence-electron chi connectivity index (χ4n) is 5.68. The Morgan fingerprint density at radius 3 is 2.74 bits per heavy atom. The van der Waals surface area contributed by atoms with Crippen LogP contribution in [-0.2, 0) is 16.0 Å². The summed E-state index contributed by atoms with van der Waals surface area (Å²) in [7, 11) is 1.73. The van der Waals surface area contributed by atoms with E-state index in [1.165, 1.54) is 13.8 Å². The van der Waals surface area contributed by atoms with E-state index in [9.17, 15) is 14.4 Å². The van der Waals surface area contributed by atoms with Gasteiger partial charge in [0.25, 0.3) is 0 Å². The molecule has 0 aliphatic heterocycles. The molecule has 1 amide bonds. The van der Waals surface area contributed by atoms with Gasteiger partial charge in [-0.05, 0) is 74.1 Å². The summed E-state index contributed by atoms with van der Waals surface area (Å²) in [5, 5.41) is 17.4. The van der Waals surface area contributed by atoms with Crippen LogP contribution in [0, 0.1) is 28.1 Å². The summed E-state index contributed by atoms with van der Waals surface area (Å²) < 4.78 is 20.2. The quantitative estimate of drug-likeness (QED) is 0.549. The maximum atomic E-state index is 14.5. The van der Waals surface area contributed by atoms with E-state index in [2.05, 4.69) is 13.0 Å². The fraction of sp³-hybridized carbons (Fsp3) is 0.625. The van der Waals surface area contributed by atoms with Crippen LogP contribution in [0.2, 0.25) is 0 Å². The Morgan fingerprint density at radius 2 is 2.19 bits per heavy atom. The van der Waals surface area contributed by atoms with Crippen LogP contribution in [0.15, 0.2) is 18.2 Å². The minimum Gasteiger partial charge on any atom is -0.381 e. The largest absolute Gasteiger partial charge is 0.381 e. The molecule has 0 radical (unpaired) electrons. The Kier molecular flexibility index (Phi) is 6.43. The highest BCUT2D eigenvalue weighted by molar-refractivity contribution is 5.99. The van der Waals surface area contributed by atoms with Crippen LogP contribution in [0.1, 0.15) is 69.1 Å². The van der Waals surface area contributed by atoms with Crippen molar-refractivity contribution < 1.29 is 13.9 Å². The molecule has 7 heteroatoms. The van der Waals surface area contributed by atoms with Gasteiger partial charge in [-0.15, -0.1) is 0 Å². The number of carbonyl (C=O) groups excluding carboxylic acids is 1. The monoisotopic (exact) mass is 428 g/mol. The van der Waals surface area contributed by atoms with Gasteiger partial charge in [-0.3, -0.25) is 15.1 Å². The van der Waals surface area contributed by atoms with Crippen molar-refractivity contribution in [3.8, 4) is 6.07 Å². The first-order chi connectivity index (χ1) is 14.5. The molecule has 3 N–H and O–H groups in total. The first kappa shape index (κ1) is 23.2. The number of rotatable bonds is 5. The predicted molar refractivity (Wildman–Crippen MR) is 117 cm³/mol. The number of amides is 1. The van der Waals surface area contributed by atoms with Crippen molar-refractivity contribution in [2.45, 2.75) is 70.6 Å². The van der Waals surface area contributed by atoms with E-state index in [0.717, 1.165) is 48.1 Å². The molecule has 0 aromatic heterocycles. The number of halogens is 1. The van der Waals surface area contributed by atoms with Crippen LogP contribution in [0.3, 0.4) is 0 Å². The molecule has 1 fully saturated rings. The average Bonchev–Trinajstić information content (AvgIpc) is 3.02. The molecule has 1 aromatic rings. The van der Waals surface area contributed by atoms with Crippen molar-refractivity contribution >= 4 is 11.9 Å². The van der Waals surface area contributed by atoms with Crippen molar-refractivity contribution in [2.75, 3.05) is 13.7 Å². The molecular weight excluding hydrogens is 395 g/mol. The van der Waals surface area contributed by atoms with Crippen molar-refractivity contribution in [3.05, 3.63) is 34.9 Å². The zero-order chi connectivity index (χ0) is 23.0. The first-order valence-electron chi connectivity index (χ1n) is 10.9. The van der Waals surface area contributed by atoms with Crippen LogP contribution >= 0.6 is 0 Å². The molecule has 3 rings (SSSR count). The molecule has 1 saturated carbocycles. The number of hydrogen-bond donors (Lipinski definition) is 2. The molecule has 31 heavy (non-hydrogen) atoms. The van der Waals surface area contributed by atoms with Gasteiger partial charge in [0, 0.05) is 7.11 Å². The van der Waals surface area contributed by atoms with Crippen LogP contribution < -0.4 is 5.73 Å². The number of nitrogens with one attached hydrogen (secondary N) is 1. The second-order valence-electron chi connectivity index (χ2n) is 9.71. The highest BCUT2D eigenvalue weighted by atomic mass is 19.1. The summed E-state index contributed by atoms with van der Waals surface area (Å²) in [5.74, 6) is -1.05. The lowest BCUT2D eigenvalue weighted by Gasteiger charge is -2.46. The van der Waals surface area contributed by atoms with Gasteiger partial charge in [-0.25, -0.2) is 4.39 Å². The average molecular weight is 429 g/mol. The van der Waals surface area contributed by atoms with E-state index < -0.39 is 17.5 Å². The number of alkyl halides is 1. The molecule has 1 spiro atoms. The normalized spacial score (nSPS) is 27.5. The molecule has 1 unspecified atom stereocenters. The Bertz CT molecular complexity index is 904. The van der Waals surface area contributed by atoms with Gasteiger partial charge in [0.05, 0.1) is 30.2 Å². The van der Waals surface area contributed by atoms with E-state index >= 15 is 0 Å². The number of fused-ring (bicyclic) bond motifs is 1. The Morgan fingerprint density at radius 1 is 1.48 bits per heavy atom. The van der Waals surface area contributed by atoms with Gasteiger partial charge in [0.15, 0.2) is 5.96 Å². The van der Waals surface area contributed by atoms with Gasteiger partial charge in [0.1, 0.15) is 5.67 Å². The molecule has 168 valence electrons. The molecule has 2 aliphatic rings. The molecule has 6 nitrogen and oxygen atoms in total. The summed E-state index contributed by atoms with van der Waals surface area (Å²) in [6.07, 6.45) is 4.25. The maximum Gasteiger partial charge on any atom is 0.237 e. The molecule has 0 saturated heterocycles. The number of guanidine groups is 1. The Labute approximate surface area is 184 Å². The van der Waals surface area contributed by atoms with E-state index in [1.807, 2.05) is 6.07 Å². The summed E-state index contributed by atoms with van der Waals surface area (Å²) in [6.45, 7) is 4.60. The summed E-state index contributed by atoms with van der Waals surface area (Å²) >= 11 is 0. The van der Waals surface area contributed by atoms with E-state index in [-0.39, 0.29) is 24.0 Å². The van der Waals surface area contributed by atoms with Gasteiger partial charge in [-0.1, -0.05) is 19.4 Å². The van der Waals surface area contributed by atoms with E-state index in [1.54, 1.807) is 19.2 Å². The maximum absolute atomic E-state index is 14.5. The standard InChI is InChI=1S/C24H33FN4O2/c1-5-16-11-24(9-8-19(16)31-4)12-17-7-6-15(13-26)10-18(17)20(24)21(30)29(22(27)28)14-23(2,3)25/h6-7,10,16,19-20H,5,8-9,11-12,14H2,1-4H3,(H3,27,28)/t16-,19-,20?,24-/m1/s1. The highest BCUT2D eigenvalue weighted by Gasteiger charge is 2.54. The van der Waals surface area contributed by atoms with Crippen LogP contribution in [0.5, 0.6) is 0 Å². The molecule has 0 heterocycles. The van der Waals surface area contributed by atoms with Crippen LogP contribution in [-0.4, -0.2) is 42.2 Å². The topological polar surface area (TPSA) is 103 Å². The smallest absolute Gasteiger partial charge is 0.237 e. The molecule has 0 bridgehead atoms. The Hall–Kier alpha value is -2.46. The first-order valence-corrected chi connectivity index (χ1v) is 10.9. The number of hydrogen-bond acceptors (Lipinski definition) is 4. The van der Waals surface area contributed by atoms with Gasteiger partial charge < -0.3 is 10.5 Å². The second kappa shape index (κ2) is 8.58. The van der Waals surface area contributed by atoms with Crippen LogP contribution in [0.25, 0.3) is 0 Å². The van der Waals surface area contributed by atoms with Crippen molar-refractivity contribution in [1.82, 2.24) is 4.90 Å². The third-order valence-corrected chi connectivity index (χ3v) is 7.03. The van der Waals surface area contributed by atoms with Crippen molar-refractivity contribution in [3.63, 3.8) is 0 Å². The number of methoxy groups -OCH3 is 1.